The first-order chi connectivity index (χ1) is 10.2. The maximum Gasteiger partial charge on any atom is 0.224 e. The van der Waals surface area contributed by atoms with E-state index in [9.17, 15) is 9.18 Å². The molecule has 1 fully saturated rings. The number of para-hydroxylation sites is 1. The minimum atomic E-state index is -0.420. The molecule has 0 aromatic heterocycles. The lowest BCUT2D eigenvalue weighted by molar-refractivity contribution is -0.116. The van der Waals surface area contributed by atoms with E-state index in [-0.39, 0.29) is 11.6 Å². The Labute approximate surface area is 124 Å². The summed E-state index contributed by atoms with van der Waals surface area (Å²) in [6.07, 6.45) is 4.73. The van der Waals surface area contributed by atoms with Crippen molar-refractivity contribution in [3.05, 3.63) is 36.7 Å². The van der Waals surface area contributed by atoms with Crippen LogP contribution in [-0.4, -0.2) is 25.2 Å². The van der Waals surface area contributed by atoms with Crippen LogP contribution >= 0.6 is 0 Å². The maximum atomic E-state index is 13.9. The summed E-state index contributed by atoms with van der Waals surface area (Å²) in [6.45, 7) is 4.51. The normalized spacial score (nSPS) is 13.8. The average Bonchev–Trinajstić information content (AvgIpc) is 3.26. The highest BCUT2D eigenvalue weighted by molar-refractivity contribution is 5.94. The van der Waals surface area contributed by atoms with E-state index in [2.05, 4.69) is 17.2 Å². The molecule has 1 aliphatic carbocycles. The van der Waals surface area contributed by atoms with Gasteiger partial charge < -0.3 is 15.4 Å². The molecule has 114 valence electrons. The second-order valence-electron chi connectivity index (χ2n) is 5.10. The molecule has 1 amide bonds. The third kappa shape index (κ3) is 5.19. The highest BCUT2D eigenvalue weighted by atomic mass is 19.1. The zero-order valence-corrected chi connectivity index (χ0v) is 12.0. The second kappa shape index (κ2) is 7.78. The number of hydrogen-bond acceptors (Lipinski definition) is 3. The van der Waals surface area contributed by atoms with Crippen LogP contribution in [0.15, 0.2) is 30.9 Å². The van der Waals surface area contributed by atoms with Crippen LogP contribution in [-0.2, 0) is 9.53 Å². The fourth-order valence-electron chi connectivity index (χ4n) is 1.92. The molecule has 0 bridgehead atoms. The number of nitrogens with one attached hydrogen (secondary N) is 2. The van der Waals surface area contributed by atoms with E-state index >= 15 is 0 Å². The number of hydrogen-bond donors (Lipinski definition) is 2. The van der Waals surface area contributed by atoms with Gasteiger partial charge in [0.15, 0.2) is 0 Å². The van der Waals surface area contributed by atoms with E-state index in [4.69, 9.17) is 4.74 Å². The first-order valence-corrected chi connectivity index (χ1v) is 7.24. The summed E-state index contributed by atoms with van der Waals surface area (Å²) in [6, 6.07) is 5.17. The van der Waals surface area contributed by atoms with Gasteiger partial charge in [0.05, 0.1) is 12.3 Å². The second-order valence-corrected chi connectivity index (χ2v) is 5.10. The number of amides is 1. The van der Waals surface area contributed by atoms with Crippen LogP contribution in [0.3, 0.4) is 0 Å². The maximum absolute atomic E-state index is 13.9. The molecule has 1 aromatic carbocycles. The third-order valence-electron chi connectivity index (χ3n) is 3.14. The molecule has 0 unspecified atom stereocenters. The molecule has 21 heavy (non-hydrogen) atoms. The Morgan fingerprint density at radius 1 is 1.48 bits per heavy atom. The SMILES string of the molecule is C=CCOCCCC(=O)Nc1c(F)cccc1NC1CC1. The van der Waals surface area contributed by atoms with Crippen LogP contribution in [0.25, 0.3) is 0 Å². The highest BCUT2D eigenvalue weighted by Crippen LogP contribution is 2.31. The van der Waals surface area contributed by atoms with E-state index in [0.717, 1.165) is 12.8 Å². The molecule has 2 rings (SSSR count). The summed E-state index contributed by atoms with van der Waals surface area (Å²) >= 11 is 0. The minimum absolute atomic E-state index is 0.207. The Morgan fingerprint density at radius 2 is 2.29 bits per heavy atom. The van der Waals surface area contributed by atoms with Gasteiger partial charge in [0.1, 0.15) is 11.5 Å². The van der Waals surface area contributed by atoms with Gasteiger partial charge in [0.25, 0.3) is 0 Å². The molecular formula is C16H21FN2O2. The van der Waals surface area contributed by atoms with Crippen molar-refractivity contribution in [2.24, 2.45) is 0 Å². The Balaban J connectivity index is 1.85. The molecule has 1 saturated carbocycles. The molecule has 5 heteroatoms. The Bertz CT molecular complexity index is 501. The predicted molar refractivity (Wildman–Crippen MR) is 81.9 cm³/mol. The van der Waals surface area contributed by atoms with Crippen LogP contribution in [0.5, 0.6) is 0 Å². The fourth-order valence-corrected chi connectivity index (χ4v) is 1.92. The standard InChI is InChI=1S/C16H21FN2O2/c1-2-10-21-11-4-7-15(20)19-16-13(17)5-3-6-14(16)18-12-8-9-12/h2-3,5-6,12,18H,1,4,7-11H2,(H,19,20). The van der Waals surface area contributed by atoms with Crippen LogP contribution in [0.4, 0.5) is 15.8 Å². The van der Waals surface area contributed by atoms with Gasteiger partial charge in [-0.2, -0.15) is 0 Å². The Kier molecular flexibility index (Phi) is 5.75. The number of rotatable bonds is 9. The minimum Gasteiger partial charge on any atom is -0.381 e. The van der Waals surface area contributed by atoms with Gasteiger partial charge in [-0.3, -0.25) is 4.79 Å². The summed E-state index contributed by atoms with van der Waals surface area (Å²) in [4.78, 5) is 11.9. The van der Waals surface area contributed by atoms with Gasteiger partial charge in [0.2, 0.25) is 5.91 Å². The number of halogens is 1. The van der Waals surface area contributed by atoms with Gasteiger partial charge in [-0.15, -0.1) is 6.58 Å². The van der Waals surface area contributed by atoms with Crippen LogP contribution in [0, 0.1) is 5.82 Å². The van der Waals surface area contributed by atoms with Crippen LogP contribution < -0.4 is 10.6 Å². The van der Waals surface area contributed by atoms with E-state index in [1.807, 2.05) is 0 Å². The van der Waals surface area contributed by atoms with Gasteiger partial charge in [-0.25, -0.2) is 4.39 Å². The average molecular weight is 292 g/mol. The summed E-state index contributed by atoms with van der Waals surface area (Å²) in [5, 5.41) is 5.87. The van der Waals surface area contributed by atoms with E-state index < -0.39 is 5.82 Å². The molecule has 0 aliphatic heterocycles. The van der Waals surface area contributed by atoms with Crippen molar-refractivity contribution in [2.45, 2.75) is 31.7 Å². The first kappa shape index (κ1) is 15.5. The van der Waals surface area contributed by atoms with Crippen molar-refractivity contribution >= 4 is 17.3 Å². The number of ether oxygens (including phenoxy) is 1. The summed E-state index contributed by atoms with van der Waals surface area (Å²) in [5.74, 6) is -0.627. The van der Waals surface area contributed by atoms with E-state index in [1.54, 1.807) is 18.2 Å². The molecule has 2 N–H and O–H groups in total. The molecule has 1 aromatic rings. The van der Waals surface area contributed by atoms with Gasteiger partial charge in [-0.05, 0) is 31.4 Å². The third-order valence-corrected chi connectivity index (χ3v) is 3.14. The molecule has 0 heterocycles. The molecule has 0 radical (unpaired) electrons. The summed E-state index contributed by atoms with van der Waals surface area (Å²) < 4.78 is 19.1. The number of carbonyl (C=O) groups is 1. The molecule has 4 nitrogen and oxygen atoms in total. The van der Waals surface area contributed by atoms with E-state index in [0.29, 0.717) is 37.8 Å². The first-order valence-electron chi connectivity index (χ1n) is 7.24. The van der Waals surface area contributed by atoms with Crippen molar-refractivity contribution in [1.29, 1.82) is 0 Å². The fraction of sp³-hybridized carbons (Fsp3) is 0.438. The largest absolute Gasteiger partial charge is 0.381 e. The Morgan fingerprint density at radius 3 is 3.00 bits per heavy atom. The molecule has 0 atom stereocenters. The Hall–Kier alpha value is -1.88. The zero-order chi connectivity index (χ0) is 15.1. The van der Waals surface area contributed by atoms with Crippen molar-refractivity contribution in [3.8, 4) is 0 Å². The van der Waals surface area contributed by atoms with Crippen molar-refractivity contribution in [2.75, 3.05) is 23.8 Å². The van der Waals surface area contributed by atoms with Crippen molar-refractivity contribution in [3.63, 3.8) is 0 Å². The predicted octanol–water partition coefficient (Wildman–Crippen LogP) is 3.32. The van der Waals surface area contributed by atoms with Crippen molar-refractivity contribution in [1.82, 2.24) is 0 Å². The molecule has 0 saturated heterocycles. The van der Waals surface area contributed by atoms with Crippen molar-refractivity contribution < 1.29 is 13.9 Å². The smallest absolute Gasteiger partial charge is 0.224 e. The number of carbonyl (C=O) groups excluding carboxylic acids is 1. The van der Waals surface area contributed by atoms with Gasteiger partial charge in [0, 0.05) is 19.1 Å². The van der Waals surface area contributed by atoms with Gasteiger partial charge in [-0.1, -0.05) is 12.1 Å². The topological polar surface area (TPSA) is 50.4 Å². The van der Waals surface area contributed by atoms with Gasteiger partial charge >= 0.3 is 0 Å². The summed E-state index contributed by atoms with van der Waals surface area (Å²) in [7, 11) is 0. The quantitative estimate of drug-likeness (QED) is 0.542. The lowest BCUT2D eigenvalue weighted by Crippen LogP contribution is -2.15. The molecule has 1 aliphatic rings. The molecule has 0 spiro atoms. The van der Waals surface area contributed by atoms with E-state index in [1.165, 1.54) is 6.07 Å². The highest BCUT2D eigenvalue weighted by Gasteiger charge is 2.23. The summed E-state index contributed by atoms with van der Waals surface area (Å²) in [5.41, 5.74) is 0.884. The lowest BCUT2D eigenvalue weighted by atomic mass is 10.2. The number of anilines is 2. The van der Waals surface area contributed by atoms with Crippen LogP contribution in [0.1, 0.15) is 25.7 Å². The molecular weight excluding hydrogens is 271 g/mol. The zero-order valence-electron chi connectivity index (χ0n) is 12.0. The monoisotopic (exact) mass is 292 g/mol. The van der Waals surface area contributed by atoms with Crippen LogP contribution in [0.2, 0.25) is 0 Å². The number of benzene rings is 1. The lowest BCUT2D eigenvalue weighted by Gasteiger charge is -2.13.